The Kier molecular flexibility index (Phi) is 5.79. The van der Waals surface area contributed by atoms with Crippen molar-refractivity contribution in [3.05, 3.63) is 58.9 Å². The fraction of sp³-hybridized carbons (Fsp3) is 0.500. The minimum Gasteiger partial charge on any atom is -0.497 e. The maximum absolute atomic E-state index is 14.0. The second-order valence-electron chi connectivity index (χ2n) is 8.70. The number of rotatable bonds is 6. The summed E-state index contributed by atoms with van der Waals surface area (Å²) >= 11 is 0. The van der Waals surface area contributed by atoms with Crippen molar-refractivity contribution < 1.29 is 19.0 Å². The fourth-order valence-electron chi connectivity index (χ4n) is 4.76. The molecule has 0 amide bonds. The largest absolute Gasteiger partial charge is 0.497 e. The van der Waals surface area contributed by atoms with Crippen LogP contribution in [0, 0.1) is 11.7 Å². The molecule has 1 unspecified atom stereocenters. The molecule has 29 heavy (non-hydrogen) atoms. The second kappa shape index (κ2) is 8.33. The molecule has 0 spiro atoms. The van der Waals surface area contributed by atoms with Crippen LogP contribution in [0.2, 0.25) is 0 Å². The summed E-state index contributed by atoms with van der Waals surface area (Å²) in [7, 11) is 1.56. The lowest BCUT2D eigenvalue weighted by Gasteiger charge is -2.26. The van der Waals surface area contributed by atoms with Crippen molar-refractivity contribution in [1.29, 1.82) is 0 Å². The number of aryl methyl sites for hydroxylation is 1. The molecule has 0 aromatic heterocycles. The van der Waals surface area contributed by atoms with Crippen molar-refractivity contribution in [2.45, 2.75) is 50.0 Å². The van der Waals surface area contributed by atoms with E-state index in [9.17, 15) is 9.50 Å². The molecule has 3 N–H and O–H groups in total. The van der Waals surface area contributed by atoms with Crippen LogP contribution < -0.4 is 15.2 Å². The number of hydrogen-bond acceptors (Lipinski definition) is 4. The summed E-state index contributed by atoms with van der Waals surface area (Å²) in [5.41, 5.74) is 9.95. The average molecular weight is 400 g/mol. The van der Waals surface area contributed by atoms with Gasteiger partial charge in [-0.1, -0.05) is 18.2 Å². The maximum atomic E-state index is 14.0. The Bertz CT molecular complexity index is 871. The van der Waals surface area contributed by atoms with Crippen molar-refractivity contribution in [3.8, 4) is 11.5 Å². The second-order valence-corrected chi connectivity index (χ2v) is 8.70. The first kappa shape index (κ1) is 20.2. The number of methoxy groups -OCH3 is 1. The highest BCUT2D eigenvalue weighted by molar-refractivity contribution is 5.37. The number of halogens is 1. The highest BCUT2D eigenvalue weighted by Crippen LogP contribution is 2.40. The lowest BCUT2D eigenvalue weighted by molar-refractivity contribution is 0.198. The zero-order valence-electron chi connectivity index (χ0n) is 17.0. The highest BCUT2D eigenvalue weighted by Gasteiger charge is 2.36. The van der Waals surface area contributed by atoms with Gasteiger partial charge in [-0.25, -0.2) is 4.39 Å². The predicted octanol–water partition coefficient (Wildman–Crippen LogP) is 3.98. The van der Waals surface area contributed by atoms with Gasteiger partial charge >= 0.3 is 0 Å². The molecule has 1 fully saturated rings. The third-order valence-corrected chi connectivity index (χ3v) is 6.60. The van der Waals surface area contributed by atoms with E-state index < -0.39 is 5.54 Å². The van der Waals surface area contributed by atoms with Crippen molar-refractivity contribution in [2.75, 3.05) is 20.3 Å². The van der Waals surface area contributed by atoms with Crippen molar-refractivity contribution in [3.63, 3.8) is 0 Å². The molecule has 0 aliphatic heterocycles. The monoisotopic (exact) mass is 399 g/mol. The molecule has 2 aliphatic rings. The first-order chi connectivity index (χ1) is 14.0. The Balaban J connectivity index is 1.38. The smallest absolute Gasteiger partial charge is 0.165 e. The topological polar surface area (TPSA) is 64.7 Å². The minimum absolute atomic E-state index is 0.0595. The van der Waals surface area contributed by atoms with E-state index in [4.69, 9.17) is 15.2 Å². The zero-order valence-corrected chi connectivity index (χ0v) is 17.0. The summed E-state index contributed by atoms with van der Waals surface area (Å²) in [5, 5.41) is 9.52. The van der Waals surface area contributed by atoms with E-state index in [0.717, 1.165) is 38.5 Å². The van der Waals surface area contributed by atoms with Crippen LogP contribution in [0.3, 0.4) is 0 Å². The summed E-state index contributed by atoms with van der Waals surface area (Å²) in [6, 6.07) is 11.4. The average Bonchev–Trinajstić information content (AvgIpc) is 3.15. The lowest BCUT2D eigenvalue weighted by atomic mass is 9.82. The van der Waals surface area contributed by atoms with E-state index >= 15 is 0 Å². The normalized spacial score (nSPS) is 26.2. The van der Waals surface area contributed by atoms with Crippen LogP contribution in [-0.4, -0.2) is 31.0 Å². The van der Waals surface area contributed by atoms with Gasteiger partial charge in [-0.05, 0) is 79.2 Å². The van der Waals surface area contributed by atoms with Crippen LogP contribution in [-0.2, 0) is 12.8 Å². The molecule has 2 aliphatic carbocycles. The molecule has 0 bridgehead atoms. The van der Waals surface area contributed by atoms with E-state index in [0.29, 0.717) is 24.2 Å². The molecule has 2 aromatic rings. The van der Waals surface area contributed by atoms with E-state index in [1.54, 1.807) is 19.2 Å². The summed E-state index contributed by atoms with van der Waals surface area (Å²) in [4.78, 5) is 0. The first-order valence-corrected chi connectivity index (χ1v) is 10.5. The van der Waals surface area contributed by atoms with Gasteiger partial charge in [0.15, 0.2) is 11.6 Å². The summed E-state index contributed by atoms with van der Waals surface area (Å²) in [6.45, 7) is 0.560. The predicted molar refractivity (Wildman–Crippen MR) is 111 cm³/mol. The van der Waals surface area contributed by atoms with Gasteiger partial charge in [0.1, 0.15) is 5.75 Å². The van der Waals surface area contributed by atoms with Gasteiger partial charge < -0.3 is 20.3 Å². The van der Waals surface area contributed by atoms with Crippen LogP contribution in [0.4, 0.5) is 4.39 Å². The van der Waals surface area contributed by atoms with Crippen LogP contribution in [0.15, 0.2) is 36.4 Å². The Hall–Kier alpha value is -2.11. The third kappa shape index (κ3) is 4.41. The number of ether oxygens (including phenoxy) is 2. The Morgan fingerprint density at radius 3 is 2.79 bits per heavy atom. The molecule has 4 nitrogen and oxygen atoms in total. The molecule has 0 radical (unpaired) electrons. The van der Waals surface area contributed by atoms with E-state index in [1.807, 2.05) is 0 Å². The van der Waals surface area contributed by atoms with Crippen LogP contribution in [0.5, 0.6) is 11.5 Å². The van der Waals surface area contributed by atoms with Gasteiger partial charge in [0.05, 0.1) is 20.3 Å². The molecule has 3 atom stereocenters. The quantitative estimate of drug-likeness (QED) is 0.771. The molecule has 2 aromatic carbocycles. The van der Waals surface area contributed by atoms with Crippen LogP contribution in [0.1, 0.15) is 48.3 Å². The number of benzene rings is 2. The molecule has 156 valence electrons. The Morgan fingerprint density at radius 1 is 1.17 bits per heavy atom. The molecular weight excluding hydrogens is 369 g/mol. The number of aliphatic hydroxyl groups is 1. The molecule has 5 heteroatoms. The van der Waals surface area contributed by atoms with E-state index in [1.165, 1.54) is 22.8 Å². The van der Waals surface area contributed by atoms with Gasteiger partial charge in [0.2, 0.25) is 0 Å². The number of hydrogen-bond donors (Lipinski definition) is 2. The molecule has 1 saturated carbocycles. The van der Waals surface area contributed by atoms with Crippen LogP contribution in [0.25, 0.3) is 0 Å². The van der Waals surface area contributed by atoms with E-state index in [2.05, 4.69) is 18.2 Å². The standard InChI is InChI=1S/C24H30FNO3/c1-28-21-6-7-22(25)23(12-21)29-14-16-2-3-18-11-19(5-4-17(18)10-16)20-8-9-24(26,13-20)15-27/h4-7,11-12,16,20,27H,2-3,8-10,13-15,26H2,1H3/t16?,20-,24-/m1/s1. The number of aliphatic hydroxyl groups excluding tert-OH is 1. The Morgan fingerprint density at radius 2 is 2.03 bits per heavy atom. The van der Waals surface area contributed by atoms with Gasteiger partial charge in [-0.3, -0.25) is 0 Å². The van der Waals surface area contributed by atoms with E-state index in [-0.39, 0.29) is 18.2 Å². The maximum Gasteiger partial charge on any atom is 0.165 e. The fourth-order valence-corrected chi connectivity index (χ4v) is 4.76. The molecule has 0 heterocycles. The molecular formula is C24H30FNO3. The molecule has 4 rings (SSSR count). The number of nitrogens with two attached hydrogens (primary N) is 1. The van der Waals surface area contributed by atoms with Crippen molar-refractivity contribution >= 4 is 0 Å². The van der Waals surface area contributed by atoms with Crippen molar-refractivity contribution in [1.82, 2.24) is 0 Å². The summed E-state index contributed by atoms with van der Waals surface area (Å²) < 4.78 is 24.9. The SMILES string of the molecule is COc1ccc(F)c(OCC2CCc3cc([C@@H]4CC[C@](N)(CO)C4)ccc3C2)c1. The Labute approximate surface area is 171 Å². The van der Waals surface area contributed by atoms with Gasteiger partial charge in [0, 0.05) is 11.6 Å². The summed E-state index contributed by atoms with van der Waals surface area (Å²) in [5.74, 6) is 1.30. The van der Waals surface area contributed by atoms with Gasteiger partial charge in [-0.15, -0.1) is 0 Å². The molecule has 0 saturated heterocycles. The van der Waals surface area contributed by atoms with Gasteiger partial charge in [0.25, 0.3) is 0 Å². The van der Waals surface area contributed by atoms with Crippen LogP contribution >= 0.6 is 0 Å². The van der Waals surface area contributed by atoms with Gasteiger partial charge in [-0.2, -0.15) is 0 Å². The third-order valence-electron chi connectivity index (χ3n) is 6.60. The lowest BCUT2D eigenvalue weighted by Crippen LogP contribution is -2.40. The highest BCUT2D eigenvalue weighted by atomic mass is 19.1. The summed E-state index contributed by atoms with van der Waals surface area (Å²) in [6.07, 6.45) is 5.76. The van der Waals surface area contributed by atoms with Crippen molar-refractivity contribution in [2.24, 2.45) is 11.7 Å². The zero-order chi connectivity index (χ0) is 20.4. The number of fused-ring (bicyclic) bond motifs is 1. The minimum atomic E-state index is -0.418. The first-order valence-electron chi connectivity index (χ1n) is 10.5.